The molecule has 0 aromatic carbocycles. The second-order valence-corrected chi connectivity index (χ2v) is 4.94. The maximum Gasteiger partial charge on any atom is 0.0898 e. The number of hydrogen-bond acceptors (Lipinski definition) is 4. The molecule has 14 heavy (non-hydrogen) atoms. The third-order valence-corrected chi connectivity index (χ3v) is 3.44. The molecule has 3 unspecified atom stereocenters. The maximum absolute atomic E-state index is 6.10. The molecule has 78 valence electrons. The molecule has 0 radical (unpaired) electrons. The lowest BCUT2D eigenvalue weighted by molar-refractivity contribution is 0.0394. The first kappa shape index (κ1) is 10.1. The molecule has 2 rings (SSSR count). The zero-order valence-corrected chi connectivity index (χ0v) is 9.38. The summed E-state index contributed by atoms with van der Waals surface area (Å²) in [5, 5.41) is 3.10. The van der Waals surface area contributed by atoms with Crippen LogP contribution in [0.3, 0.4) is 0 Å². The van der Waals surface area contributed by atoms with Gasteiger partial charge in [0.2, 0.25) is 0 Å². The number of rotatable bonds is 2. The van der Waals surface area contributed by atoms with E-state index in [1.165, 1.54) is 0 Å². The van der Waals surface area contributed by atoms with Gasteiger partial charge in [0.05, 0.1) is 29.0 Å². The second-order valence-electron chi connectivity index (χ2n) is 3.88. The summed E-state index contributed by atoms with van der Waals surface area (Å²) >= 11 is 1.65. The molecule has 0 saturated carbocycles. The van der Waals surface area contributed by atoms with Crippen molar-refractivity contribution in [3.63, 3.8) is 0 Å². The van der Waals surface area contributed by atoms with Crippen LogP contribution in [0.4, 0.5) is 0 Å². The lowest BCUT2D eigenvalue weighted by Gasteiger charge is -2.17. The number of aromatic nitrogens is 1. The van der Waals surface area contributed by atoms with Gasteiger partial charge >= 0.3 is 0 Å². The molecule has 1 aromatic heterocycles. The van der Waals surface area contributed by atoms with Crippen LogP contribution in [0.2, 0.25) is 0 Å². The van der Waals surface area contributed by atoms with Crippen LogP contribution in [-0.2, 0) is 4.74 Å². The van der Waals surface area contributed by atoms with Gasteiger partial charge in [-0.3, -0.25) is 0 Å². The van der Waals surface area contributed by atoms with E-state index >= 15 is 0 Å². The largest absolute Gasteiger partial charge is 0.373 e. The first-order valence-corrected chi connectivity index (χ1v) is 5.88. The Bertz CT molecular complexity index is 313. The summed E-state index contributed by atoms with van der Waals surface area (Å²) in [7, 11) is 0. The van der Waals surface area contributed by atoms with Gasteiger partial charge in [0, 0.05) is 5.38 Å². The predicted molar refractivity (Wildman–Crippen MR) is 57.3 cm³/mol. The topological polar surface area (TPSA) is 48.1 Å². The summed E-state index contributed by atoms with van der Waals surface area (Å²) < 4.78 is 5.73. The summed E-state index contributed by atoms with van der Waals surface area (Å²) in [6.07, 6.45) is 2.68. The molecule has 0 aliphatic carbocycles. The Hall–Kier alpha value is -0.450. The third kappa shape index (κ3) is 1.97. The van der Waals surface area contributed by atoms with E-state index in [1.807, 2.05) is 12.3 Å². The number of hydrogen-bond donors (Lipinski definition) is 1. The number of nitrogens with zero attached hydrogens (tertiary/aromatic N) is 1. The lowest BCUT2D eigenvalue weighted by atomic mass is 10.1. The van der Waals surface area contributed by atoms with Crippen molar-refractivity contribution in [2.45, 2.75) is 44.9 Å². The van der Waals surface area contributed by atoms with E-state index in [1.54, 1.807) is 11.3 Å². The fourth-order valence-electron chi connectivity index (χ4n) is 1.82. The summed E-state index contributed by atoms with van der Waals surface area (Å²) in [6.45, 7) is 4.10. The van der Waals surface area contributed by atoms with Gasteiger partial charge in [-0.05, 0) is 26.7 Å². The Labute approximate surface area is 88.3 Å². The zero-order chi connectivity index (χ0) is 10.1. The van der Waals surface area contributed by atoms with Crippen LogP contribution in [0.25, 0.3) is 0 Å². The van der Waals surface area contributed by atoms with E-state index in [-0.39, 0.29) is 12.1 Å². The summed E-state index contributed by atoms with van der Waals surface area (Å²) in [5.74, 6) is 0. The van der Waals surface area contributed by atoms with E-state index in [9.17, 15) is 0 Å². The van der Waals surface area contributed by atoms with Crippen molar-refractivity contribution in [3.8, 4) is 0 Å². The molecule has 3 atom stereocenters. The van der Waals surface area contributed by atoms with Crippen molar-refractivity contribution in [3.05, 3.63) is 16.1 Å². The average molecular weight is 212 g/mol. The van der Waals surface area contributed by atoms with Crippen molar-refractivity contribution in [1.29, 1.82) is 0 Å². The highest BCUT2D eigenvalue weighted by Crippen LogP contribution is 2.28. The van der Waals surface area contributed by atoms with Gasteiger partial charge < -0.3 is 10.5 Å². The number of thiazole rings is 1. The normalized spacial score (nSPS) is 29.4. The first-order chi connectivity index (χ1) is 6.66. The van der Waals surface area contributed by atoms with E-state index in [4.69, 9.17) is 10.5 Å². The molecule has 1 aromatic rings. The maximum atomic E-state index is 6.10. The van der Waals surface area contributed by atoms with E-state index in [2.05, 4.69) is 11.9 Å². The van der Waals surface area contributed by atoms with Crippen LogP contribution in [0.5, 0.6) is 0 Å². The van der Waals surface area contributed by atoms with Crippen LogP contribution < -0.4 is 5.73 Å². The highest BCUT2D eigenvalue weighted by molar-refractivity contribution is 7.09. The van der Waals surface area contributed by atoms with Crippen LogP contribution in [0.1, 0.15) is 36.5 Å². The molecule has 2 heterocycles. The summed E-state index contributed by atoms with van der Waals surface area (Å²) in [5.41, 5.74) is 7.07. The molecule has 1 fully saturated rings. The highest BCUT2D eigenvalue weighted by atomic mass is 32.1. The predicted octanol–water partition coefficient (Wildman–Crippen LogP) is 2.02. The summed E-state index contributed by atoms with van der Waals surface area (Å²) in [6, 6.07) is -0.0510. The zero-order valence-electron chi connectivity index (χ0n) is 8.56. The minimum atomic E-state index is -0.0510. The number of ether oxygens (including phenoxy) is 1. The Morgan fingerprint density at radius 2 is 2.43 bits per heavy atom. The monoisotopic (exact) mass is 212 g/mol. The fraction of sp³-hybridized carbons (Fsp3) is 0.700. The number of aryl methyl sites for hydroxylation is 1. The van der Waals surface area contributed by atoms with E-state index < -0.39 is 0 Å². The third-order valence-electron chi connectivity index (χ3n) is 2.64. The molecule has 1 saturated heterocycles. The fourth-order valence-corrected chi connectivity index (χ4v) is 2.48. The van der Waals surface area contributed by atoms with E-state index in [0.29, 0.717) is 6.10 Å². The smallest absolute Gasteiger partial charge is 0.0898 e. The van der Waals surface area contributed by atoms with Crippen LogP contribution in [-0.4, -0.2) is 17.2 Å². The average Bonchev–Trinajstić information content (AvgIpc) is 2.73. The molecule has 1 aliphatic rings. The quantitative estimate of drug-likeness (QED) is 0.816. The van der Waals surface area contributed by atoms with Gasteiger partial charge in [0.15, 0.2) is 0 Å². The minimum absolute atomic E-state index is 0.0510. The van der Waals surface area contributed by atoms with E-state index in [0.717, 1.165) is 23.5 Å². The van der Waals surface area contributed by atoms with Gasteiger partial charge in [0.25, 0.3) is 0 Å². The standard InChI is InChI=1S/C10H16N2OS/c1-6-3-4-9(13-6)10(11)8-5-14-7(2)12-8/h5-6,9-10H,3-4,11H2,1-2H3. The van der Waals surface area contributed by atoms with Gasteiger partial charge in [-0.2, -0.15) is 0 Å². The van der Waals surface area contributed by atoms with Crippen LogP contribution in [0, 0.1) is 6.92 Å². The molecule has 3 nitrogen and oxygen atoms in total. The molecular formula is C10H16N2OS. The van der Waals surface area contributed by atoms with Gasteiger partial charge in [-0.25, -0.2) is 4.98 Å². The molecular weight excluding hydrogens is 196 g/mol. The molecule has 0 bridgehead atoms. The molecule has 2 N–H and O–H groups in total. The first-order valence-electron chi connectivity index (χ1n) is 5.00. The van der Waals surface area contributed by atoms with Crippen molar-refractivity contribution in [1.82, 2.24) is 4.98 Å². The van der Waals surface area contributed by atoms with Gasteiger partial charge in [-0.15, -0.1) is 11.3 Å². The Balaban J connectivity index is 2.05. The van der Waals surface area contributed by atoms with Crippen molar-refractivity contribution in [2.24, 2.45) is 5.73 Å². The minimum Gasteiger partial charge on any atom is -0.373 e. The lowest BCUT2D eigenvalue weighted by Crippen LogP contribution is -2.26. The van der Waals surface area contributed by atoms with Crippen LogP contribution in [0.15, 0.2) is 5.38 Å². The SMILES string of the molecule is Cc1nc(C(N)C2CCC(C)O2)cs1. The number of nitrogens with two attached hydrogens (primary N) is 1. The second kappa shape index (κ2) is 3.96. The van der Waals surface area contributed by atoms with Gasteiger partial charge in [0.1, 0.15) is 0 Å². The van der Waals surface area contributed by atoms with Crippen molar-refractivity contribution >= 4 is 11.3 Å². The molecule has 0 spiro atoms. The molecule has 1 aliphatic heterocycles. The Morgan fingerprint density at radius 1 is 1.64 bits per heavy atom. The summed E-state index contributed by atoms with van der Waals surface area (Å²) in [4.78, 5) is 4.39. The molecule has 4 heteroatoms. The van der Waals surface area contributed by atoms with Crippen molar-refractivity contribution < 1.29 is 4.74 Å². The molecule has 0 amide bonds. The van der Waals surface area contributed by atoms with Crippen LogP contribution >= 0.6 is 11.3 Å². The highest BCUT2D eigenvalue weighted by Gasteiger charge is 2.29. The van der Waals surface area contributed by atoms with Crippen molar-refractivity contribution in [2.75, 3.05) is 0 Å². The Kier molecular flexibility index (Phi) is 2.85. The van der Waals surface area contributed by atoms with Gasteiger partial charge in [-0.1, -0.05) is 0 Å². The Morgan fingerprint density at radius 3 is 2.93 bits per heavy atom.